The van der Waals surface area contributed by atoms with E-state index in [9.17, 15) is 0 Å². The third-order valence-electron chi connectivity index (χ3n) is 4.24. The van der Waals surface area contributed by atoms with Crippen LogP contribution in [0.15, 0.2) is 24.3 Å². The number of anilines is 1. The Morgan fingerprint density at radius 3 is 2.45 bits per heavy atom. The van der Waals surface area contributed by atoms with Crippen molar-refractivity contribution < 1.29 is 4.74 Å². The largest absolute Gasteiger partial charge is 0.497 e. The normalized spacial score (nSPS) is 15.7. The van der Waals surface area contributed by atoms with Crippen molar-refractivity contribution in [1.29, 1.82) is 0 Å². The Morgan fingerprint density at radius 2 is 1.85 bits per heavy atom. The van der Waals surface area contributed by atoms with Crippen LogP contribution in [0.25, 0.3) is 11.1 Å². The van der Waals surface area contributed by atoms with Crippen LogP contribution in [-0.4, -0.2) is 16.9 Å². The summed E-state index contributed by atoms with van der Waals surface area (Å²) in [6, 6.07) is 8.07. The minimum Gasteiger partial charge on any atom is -0.497 e. The van der Waals surface area contributed by atoms with Gasteiger partial charge in [0.05, 0.1) is 12.8 Å². The number of benzene rings is 1. The molecule has 20 heavy (non-hydrogen) atoms. The third-order valence-corrected chi connectivity index (χ3v) is 4.24. The zero-order chi connectivity index (χ0) is 14.1. The summed E-state index contributed by atoms with van der Waals surface area (Å²) in [6.45, 7) is 0. The van der Waals surface area contributed by atoms with E-state index in [2.05, 4.69) is 17.2 Å². The fraction of sp³-hybridized carbons (Fsp3) is 0.438. The van der Waals surface area contributed by atoms with Gasteiger partial charge in [0.2, 0.25) is 0 Å². The monoisotopic (exact) mass is 271 g/mol. The van der Waals surface area contributed by atoms with Gasteiger partial charge in [0, 0.05) is 18.5 Å². The minimum atomic E-state index is 0.551. The molecule has 4 heteroatoms. The van der Waals surface area contributed by atoms with Gasteiger partial charge in [-0.15, -0.1) is 0 Å². The van der Waals surface area contributed by atoms with Crippen LogP contribution in [0.4, 0.5) is 5.82 Å². The Morgan fingerprint density at radius 1 is 1.20 bits per heavy atom. The lowest BCUT2D eigenvalue weighted by Gasteiger charge is -2.10. The van der Waals surface area contributed by atoms with E-state index in [1.165, 1.54) is 25.7 Å². The molecule has 0 spiro atoms. The second kappa shape index (κ2) is 5.19. The molecule has 0 radical (unpaired) electrons. The van der Waals surface area contributed by atoms with Gasteiger partial charge in [-0.1, -0.05) is 25.0 Å². The number of nitrogen functional groups attached to an aromatic ring is 1. The highest BCUT2D eigenvalue weighted by Crippen LogP contribution is 2.41. The first-order valence-corrected chi connectivity index (χ1v) is 7.17. The predicted molar refractivity (Wildman–Crippen MR) is 80.8 cm³/mol. The van der Waals surface area contributed by atoms with Crippen molar-refractivity contribution in [3.8, 4) is 16.9 Å². The van der Waals surface area contributed by atoms with Crippen LogP contribution in [0, 0.1) is 0 Å². The van der Waals surface area contributed by atoms with Gasteiger partial charge < -0.3 is 10.5 Å². The standard InChI is InChI=1S/C16H21N3O/c1-19-16(17)14(11-7-9-13(20-2)10-8-11)15(18-19)12-5-3-4-6-12/h7-10,12H,3-6,17H2,1-2H3. The van der Waals surface area contributed by atoms with E-state index in [4.69, 9.17) is 10.5 Å². The van der Waals surface area contributed by atoms with E-state index in [-0.39, 0.29) is 0 Å². The number of hydrogen-bond acceptors (Lipinski definition) is 3. The van der Waals surface area contributed by atoms with Gasteiger partial charge in [0.25, 0.3) is 0 Å². The van der Waals surface area contributed by atoms with Crippen molar-refractivity contribution in [3.05, 3.63) is 30.0 Å². The highest BCUT2D eigenvalue weighted by molar-refractivity contribution is 5.77. The molecule has 106 valence electrons. The summed E-state index contributed by atoms with van der Waals surface area (Å²) in [5.41, 5.74) is 9.63. The summed E-state index contributed by atoms with van der Waals surface area (Å²) in [6.07, 6.45) is 5.03. The number of aryl methyl sites for hydroxylation is 1. The van der Waals surface area contributed by atoms with Crippen LogP contribution in [0.1, 0.15) is 37.3 Å². The van der Waals surface area contributed by atoms with E-state index < -0.39 is 0 Å². The van der Waals surface area contributed by atoms with Gasteiger partial charge in [0.1, 0.15) is 11.6 Å². The van der Waals surface area contributed by atoms with Gasteiger partial charge in [-0.05, 0) is 30.5 Å². The second-order valence-corrected chi connectivity index (χ2v) is 5.48. The Balaban J connectivity index is 2.06. The van der Waals surface area contributed by atoms with Crippen LogP contribution >= 0.6 is 0 Å². The van der Waals surface area contributed by atoms with Gasteiger partial charge in [-0.3, -0.25) is 4.68 Å². The van der Waals surface area contributed by atoms with Crippen LogP contribution in [-0.2, 0) is 7.05 Å². The Hall–Kier alpha value is -1.97. The molecule has 1 aliphatic rings. The second-order valence-electron chi connectivity index (χ2n) is 5.48. The number of nitrogens with two attached hydrogens (primary N) is 1. The van der Waals surface area contributed by atoms with E-state index in [0.29, 0.717) is 5.92 Å². The Labute approximate surface area is 119 Å². The summed E-state index contributed by atoms with van der Waals surface area (Å²) in [7, 11) is 3.60. The topological polar surface area (TPSA) is 53.1 Å². The fourth-order valence-corrected chi connectivity index (χ4v) is 3.10. The first-order valence-electron chi connectivity index (χ1n) is 7.17. The van der Waals surface area contributed by atoms with Crippen molar-refractivity contribution in [3.63, 3.8) is 0 Å². The average Bonchev–Trinajstić information content (AvgIpc) is 3.09. The molecule has 0 aliphatic heterocycles. The van der Waals surface area contributed by atoms with E-state index >= 15 is 0 Å². The van der Waals surface area contributed by atoms with Crippen molar-refractivity contribution in [2.24, 2.45) is 7.05 Å². The zero-order valence-corrected chi connectivity index (χ0v) is 12.1. The van der Waals surface area contributed by atoms with Crippen molar-refractivity contribution >= 4 is 5.82 Å². The summed E-state index contributed by atoms with van der Waals surface area (Å²) in [5, 5.41) is 4.67. The van der Waals surface area contributed by atoms with Crippen molar-refractivity contribution in [2.75, 3.05) is 12.8 Å². The summed E-state index contributed by atoms with van der Waals surface area (Å²) in [4.78, 5) is 0. The van der Waals surface area contributed by atoms with Gasteiger partial charge in [0.15, 0.2) is 0 Å². The maximum atomic E-state index is 6.24. The van der Waals surface area contributed by atoms with Crippen molar-refractivity contribution in [2.45, 2.75) is 31.6 Å². The smallest absolute Gasteiger partial charge is 0.129 e. The van der Waals surface area contributed by atoms with Crippen LogP contribution in [0.5, 0.6) is 5.75 Å². The number of nitrogens with zero attached hydrogens (tertiary/aromatic N) is 2. The van der Waals surface area contributed by atoms with Gasteiger partial charge >= 0.3 is 0 Å². The number of aromatic nitrogens is 2. The van der Waals surface area contributed by atoms with E-state index in [0.717, 1.165) is 28.4 Å². The van der Waals surface area contributed by atoms with Crippen LogP contribution in [0.3, 0.4) is 0 Å². The molecule has 0 amide bonds. The maximum absolute atomic E-state index is 6.24. The molecule has 0 unspecified atom stereocenters. The van der Waals surface area contributed by atoms with Gasteiger partial charge in [-0.2, -0.15) is 5.10 Å². The first-order chi connectivity index (χ1) is 9.70. The molecule has 1 aromatic heterocycles. The highest BCUT2D eigenvalue weighted by Gasteiger charge is 2.25. The molecule has 0 saturated heterocycles. The molecule has 0 atom stereocenters. The maximum Gasteiger partial charge on any atom is 0.129 e. The molecule has 0 bridgehead atoms. The molecular formula is C16H21N3O. The first kappa shape index (κ1) is 13.0. The SMILES string of the molecule is COc1ccc(-c2c(C3CCCC3)nn(C)c2N)cc1. The van der Waals surface area contributed by atoms with Crippen LogP contribution in [0.2, 0.25) is 0 Å². The van der Waals surface area contributed by atoms with E-state index in [1.807, 2.05) is 19.2 Å². The van der Waals surface area contributed by atoms with E-state index in [1.54, 1.807) is 11.8 Å². The lowest BCUT2D eigenvalue weighted by atomic mass is 9.95. The molecule has 4 nitrogen and oxygen atoms in total. The molecule has 1 heterocycles. The third kappa shape index (κ3) is 2.15. The van der Waals surface area contributed by atoms with Gasteiger partial charge in [-0.25, -0.2) is 0 Å². The predicted octanol–water partition coefficient (Wildman–Crippen LogP) is 3.34. The molecular weight excluding hydrogens is 250 g/mol. The Bertz CT molecular complexity index is 595. The summed E-state index contributed by atoms with van der Waals surface area (Å²) in [5.74, 6) is 2.16. The van der Waals surface area contributed by atoms with Crippen molar-refractivity contribution in [1.82, 2.24) is 9.78 Å². The molecule has 1 fully saturated rings. The minimum absolute atomic E-state index is 0.551. The fourth-order valence-electron chi connectivity index (χ4n) is 3.10. The molecule has 1 saturated carbocycles. The number of hydrogen-bond donors (Lipinski definition) is 1. The highest BCUT2D eigenvalue weighted by atomic mass is 16.5. The number of ether oxygens (including phenoxy) is 1. The molecule has 2 aromatic rings. The average molecular weight is 271 g/mol. The lowest BCUT2D eigenvalue weighted by molar-refractivity contribution is 0.415. The lowest BCUT2D eigenvalue weighted by Crippen LogP contribution is -1.98. The quantitative estimate of drug-likeness (QED) is 0.931. The molecule has 3 rings (SSSR count). The zero-order valence-electron chi connectivity index (χ0n) is 12.1. The number of rotatable bonds is 3. The molecule has 2 N–H and O–H groups in total. The Kier molecular flexibility index (Phi) is 3.38. The summed E-state index contributed by atoms with van der Waals surface area (Å²) >= 11 is 0. The van der Waals surface area contributed by atoms with Crippen LogP contribution < -0.4 is 10.5 Å². The number of methoxy groups -OCH3 is 1. The molecule has 1 aliphatic carbocycles. The molecule has 1 aromatic carbocycles. The summed E-state index contributed by atoms with van der Waals surface area (Å²) < 4.78 is 7.02.